The predicted molar refractivity (Wildman–Crippen MR) is 104 cm³/mol. The standard InChI is InChI=1S/C19H28NO6P/c1-4-24-19(22)18(20-15-21)13-17(12-16-10-8-7-9-11-16)14-27(23,25-5-2)26-6-3/h7-11,13,15,18H,4-6,12,14H2,1-3H3,(H,20,21). The van der Waals surface area contributed by atoms with Crippen LogP contribution < -0.4 is 5.32 Å². The van der Waals surface area contributed by atoms with Gasteiger partial charge in [-0.1, -0.05) is 42.0 Å². The molecule has 0 spiro atoms. The van der Waals surface area contributed by atoms with E-state index < -0.39 is 19.6 Å². The highest BCUT2D eigenvalue weighted by atomic mass is 31.2. The van der Waals surface area contributed by atoms with Crippen LogP contribution in [0.3, 0.4) is 0 Å². The Balaban J connectivity index is 3.19. The van der Waals surface area contributed by atoms with Crippen molar-refractivity contribution in [1.29, 1.82) is 0 Å². The number of hydrogen-bond donors (Lipinski definition) is 1. The molecule has 1 unspecified atom stereocenters. The van der Waals surface area contributed by atoms with Gasteiger partial charge in [-0.2, -0.15) is 0 Å². The van der Waals surface area contributed by atoms with Gasteiger partial charge >= 0.3 is 13.6 Å². The molecule has 1 aromatic carbocycles. The van der Waals surface area contributed by atoms with E-state index in [0.29, 0.717) is 18.4 Å². The molecule has 0 aliphatic carbocycles. The summed E-state index contributed by atoms with van der Waals surface area (Å²) < 4.78 is 28.7. The smallest absolute Gasteiger partial charge is 0.334 e. The van der Waals surface area contributed by atoms with Crippen molar-refractivity contribution in [3.8, 4) is 0 Å². The van der Waals surface area contributed by atoms with Gasteiger partial charge in [0.2, 0.25) is 6.41 Å². The molecular formula is C19H28NO6P. The van der Waals surface area contributed by atoms with Crippen molar-refractivity contribution in [1.82, 2.24) is 5.32 Å². The van der Waals surface area contributed by atoms with Crippen molar-refractivity contribution in [2.45, 2.75) is 33.2 Å². The number of hydrogen-bond acceptors (Lipinski definition) is 6. The van der Waals surface area contributed by atoms with Gasteiger partial charge in [0.05, 0.1) is 26.0 Å². The maximum absolute atomic E-state index is 13.0. The van der Waals surface area contributed by atoms with E-state index in [9.17, 15) is 14.2 Å². The molecule has 1 rings (SSSR count). The SMILES string of the molecule is CCOC(=O)C(C=C(Cc1ccccc1)CP(=O)(OCC)OCC)NC=O. The first kappa shape index (κ1) is 23.1. The van der Waals surface area contributed by atoms with E-state index in [0.717, 1.165) is 5.56 Å². The maximum Gasteiger partial charge on any atom is 0.334 e. The first-order valence-electron chi connectivity index (χ1n) is 8.95. The summed E-state index contributed by atoms with van der Waals surface area (Å²) in [6, 6.07) is 8.55. The summed E-state index contributed by atoms with van der Waals surface area (Å²) in [5.74, 6) is -0.585. The second kappa shape index (κ2) is 12.4. The van der Waals surface area contributed by atoms with Gasteiger partial charge in [-0.25, -0.2) is 4.79 Å². The summed E-state index contributed by atoms with van der Waals surface area (Å²) in [6.45, 7) is 5.83. The van der Waals surface area contributed by atoms with Crippen LogP contribution in [0.1, 0.15) is 26.3 Å². The highest BCUT2D eigenvalue weighted by Gasteiger charge is 2.27. The van der Waals surface area contributed by atoms with Gasteiger partial charge in [0.1, 0.15) is 6.04 Å². The van der Waals surface area contributed by atoms with E-state index in [1.807, 2.05) is 30.3 Å². The fourth-order valence-electron chi connectivity index (χ4n) is 2.52. The van der Waals surface area contributed by atoms with Gasteiger partial charge in [-0.05, 0) is 32.8 Å². The third-order valence-electron chi connectivity index (χ3n) is 3.51. The molecule has 0 aliphatic rings. The largest absolute Gasteiger partial charge is 0.464 e. The molecule has 7 nitrogen and oxygen atoms in total. The molecule has 0 bridgehead atoms. The van der Waals surface area contributed by atoms with Crippen LogP contribution in [0, 0.1) is 0 Å². The average Bonchev–Trinajstić information content (AvgIpc) is 2.62. The van der Waals surface area contributed by atoms with E-state index in [1.54, 1.807) is 26.8 Å². The minimum absolute atomic E-state index is 0.0139. The first-order chi connectivity index (χ1) is 13.0. The average molecular weight is 397 g/mol. The molecule has 1 N–H and O–H groups in total. The van der Waals surface area contributed by atoms with Crippen molar-refractivity contribution in [3.63, 3.8) is 0 Å². The van der Waals surface area contributed by atoms with Gasteiger partial charge in [-0.15, -0.1) is 0 Å². The normalized spacial score (nSPS) is 13.1. The Labute approximate surface area is 160 Å². The number of carbonyl (C=O) groups excluding carboxylic acids is 2. The lowest BCUT2D eigenvalue weighted by molar-refractivity contribution is -0.145. The monoisotopic (exact) mass is 397 g/mol. The summed E-state index contributed by atoms with van der Waals surface area (Å²) in [7, 11) is -3.37. The quantitative estimate of drug-likeness (QED) is 0.238. The molecule has 150 valence electrons. The van der Waals surface area contributed by atoms with Crippen molar-refractivity contribution < 1.29 is 27.9 Å². The molecule has 0 radical (unpaired) electrons. The number of benzene rings is 1. The van der Waals surface area contributed by atoms with Crippen LogP contribution >= 0.6 is 7.60 Å². The fourth-order valence-corrected chi connectivity index (χ4v) is 4.28. The Morgan fingerprint density at radius 1 is 1.11 bits per heavy atom. The predicted octanol–water partition coefficient (Wildman–Crippen LogP) is 3.10. The third-order valence-corrected chi connectivity index (χ3v) is 5.61. The molecule has 1 amide bonds. The highest BCUT2D eigenvalue weighted by molar-refractivity contribution is 7.54. The Bertz CT molecular complexity index is 651. The van der Waals surface area contributed by atoms with E-state index in [4.69, 9.17) is 13.8 Å². The lowest BCUT2D eigenvalue weighted by Gasteiger charge is -2.20. The van der Waals surface area contributed by atoms with Crippen molar-refractivity contribution in [2.24, 2.45) is 0 Å². The van der Waals surface area contributed by atoms with Crippen molar-refractivity contribution >= 4 is 20.0 Å². The maximum atomic E-state index is 13.0. The van der Waals surface area contributed by atoms with Crippen LogP contribution in [0.5, 0.6) is 0 Å². The lowest BCUT2D eigenvalue weighted by Crippen LogP contribution is -2.36. The van der Waals surface area contributed by atoms with Crippen LogP contribution in [0.15, 0.2) is 42.0 Å². The van der Waals surface area contributed by atoms with E-state index in [2.05, 4.69) is 5.32 Å². The van der Waals surface area contributed by atoms with Crippen LogP contribution in [-0.2, 0) is 34.4 Å². The number of nitrogens with one attached hydrogen (secondary N) is 1. The second-order valence-electron chi connectivity index (χ2n) is 5.61. The Morgan fingerprint density at radius 2 is 1.74 bits per heavy atom. The minimum atomic E-state index is -3.37. The molecule has 0 saturated heterocycles. The molecule has 0 heterocycles. The summed E-state index contributed by atoms with van der Waals surface area (Å²) in [5, 5.41) is 2.43. The van der Waals surface area contributed by atoms with Gasteiger partial charge < -0.3 is 19.1 Å². The number of amides is 1. The molecule has 0 saturated carbocycles. The molecule has 1 aromatic rings. The van der Waals surface area contributed by atoms with Crippen LogP contribution in [0.4, 0.5) is 0 Å². The lowest BCUT2D eigenvalue weighted by atomic mass is 10.0. The van der Waals surface area contributed by atoms with E-state index >= 15 is 0 Å². The van der Waals surface area contributed by atoms with Crippen molar-refractivity contribution in [3.05, 3.63) is 47.5 Å². The van der Waals surface area contributed by atoms with Gasteiger partial charge in [0.25, 0.3) is 0 Å². The molecule has 0 aliphatic heterocycles. The van der Waals surface area contributed by atoms with Gasteiger partial charge in [0.15, 0.2) is 0 Å². The van der Waals surface area contributed by atoms with Gasteiger partial charge in [0, 0.05) is 0 Å². The van der Waals surface area contributed by atoms with Crippen molar-refractivity contribution in [2.75, 3.05) is 26.0 Å². The summed E-state index contributed by atoms with van der Waals surface area (Å²) in [6.07, 6.45) is 2.44. The van der Waals surface area contributed by atoms with E-state index in [-0.39, 0.29) is 26.0 Å². The number of carbonyl (C=O) groups is 2. The molecule has 8 heteroatoms. The zero-order chi connectivity index (χ0) is 20.1. The fraction of sp³-hybridized carbons (Fsp3) is 0.474. The topological polar surface area (TPSA) is 90.9 Å². The van der Waals surface area contributed by atoms with E-state index in [1.165, 1.54) is 0 Å². The molecule has 0 aromatic heterocycles. The summed E-state index contributed by atoms with van der Waals surface area (Å²) >= 11 is 0. The number of ether oxygens (including phenoxy) is 1. The van der Waals surface area contributed by atoms with Crippen LogP contribution in [0.25, 0.3) is 0 Å². The molecule has 1 atom stereocenters. The molecular weight excluding hydrogens is 369 g/mol. The molecule has 0 fully saturated rings. The number of allylic oxidation sites excluding steroid dienone is 1. The highest BCUT2D eigenvalue weighted by Crippen LogP contribution is 2.49. The first-order valence-corrected chi connectivity index (χ1v) is 10.7. The Morgan fingerprint density at radius 3 is 2.26 bits per heavy atom. The van der Waals surface area contributed by atoms with Crippen LogP contribution in [0.2, 0.25) is 0 Å². The number of esters is 1. The summed E-state index contributed by atoms with van der Waals surface area (Å²) in [4.78, 5) is 23.0. The van der Waals surface area contributed by atoms with Crippen LogP contribution in [-0.4, -0.2) is 44.4 Å². The third kappa shape index (κ3) is 8.52. The Hall–Kier alpha value is -1.95. The Kier molecular flexibility index (Phi) is 10.6. The second-order valence-corrected chi connectivity index (χ2v) is 7.66. The zero-order valence-electron chi connectivity index (χ0n) is 16.1. The zero-order valence-corrected chi connectivity index (χ0v) is 16.9. The number of rotatable bonds is 13. The minimum Gasteiger partial charge on any atom is -0.464 e. The van der Waals surface area contributed by atoms with Gasteiger partial charge in [-0.3, -0.25) is 9.36 Å². The molecule has 27 heavy (non-hydrogen) atoms. The summed E-state index contributed by atoms with van der Waals surface area (Å²) in [5.41, 5.74) is 1.62.